The maximum atomic E-state index is 9.08. The predicted molar refractivity (Wildman–Crippen MR) is 77.4 cm³/mol. The molecule has 0 aliphatic heterocycles. The molecule has 1 aromatic rings. The van der Waals surface area contributed by atoms with E-state index in [-0.39, 0.29) is 6.10 Å². The lowest BCUT2D eigenvalue weighted by atomic mass is 10.3. The van der Waals surface area contributed by atoms with Gasteiger partial charge in [-0.3, -0.25) is 0 Å². The van der Waals surface area contributed by atoms with Crippen molar-refractivity contribution in [2.75, 3.05) is 23.7 Å². The molecule has 0 amide bonds. The van der Waals surface area contributed by atoms with Crippen LogP contribution in [0.2, 0.25) is 0 Å². The van der Waals surface area contributed by atoms with Crippen LogP contribution in [0.25, 0.3) is 0 Å². The fraction of sp³-hybridized carbons (Fsp3) is 0.615. The molecule has 0 aliphatic carbocycles. The van der Waals surface area contributed by atoms with Crippen molar-refractivity contribution in [3.63, 3.8) is 0 Å². The molecule has 0 saturated heterocycles. The Morgan fingerprint density at radius 2 is 2.11 bits per heavy atom. The van der Waals surface area contributed by atoms with E-state index in [1.807, 2.05) is 13.8 Å². The normalized spacial score (nSPS) is 10.4. The summed E-state index contributed by atoms with van der Waals surface area (Å²) in [5.41, 5.74) is 6.46. The van der Waals surface area contributed by atoms with Gasteiger partial charge in [-0.05, 0) is 27.2 Å². The Morgan fingerprint density at radius 1 is 1.44 bits per heavy atom. The second-order valence-electron chi connectivity index (χ2n) is 4.34. The van der Waals surface area contributed by atoms with E-state index in [0.29, 0.717) is 16.3 Å². The first-order valence-electron chi connectivity index (χ1n) is 6.29. The molecule has 0 spiro atoms. The number of nitriles is 1. The molecule has 0 fully saturated rings. The fourth-order valence-electron chi connectivity index (χ4n) is 1.73. The highest BCUT2D eigenvalue weighted by Crippen LogP contribution is 2.45. The minimum Gasteiger partial charge on any atom is -0.486 e. The molecule has 18 heavy (non-hydrogen) atoms. The number of nitrogens with zero attached hydrogens (tertiary/aromatic N) is 2. The number of thiophene rings is 1. The number of nitrogen functional groups attached to an aromatic ring is 1. The Kier molecular flexibility index (Phi) is 5.29. The summed E-state index contributed by atoms with van der Waals surface area (Å²) in [5, 5.41) is 10.1. The Balaban J connectivity index is 3.19. The zero-order valence-electron chi connectivity index (χ0n) is 11.5. The molecule has 5 heteroatoms. The van der Waals surface area contributed by atoms with Crippen molar-refractivity contribution >= 4 is 22.0 Å². The molecule has 0 bridgehead atoms. The Morgan fingerprint density at radius 3 is 2.56 bits per heavy atom. The predicted octanol–water partition coefficient (Wildman–Crippen LogP) is 3.23. The zero-order chi connectivity index (χ0) is 13.7. The van der Waals surface area contributed by atoms with E-state index in [1.165, 1.54) is 11.3 Å². The van der Waals surface area contributed by atoms with Gasteiger partial charge in [0.15, 0.2) is 5.75 Å². The van der Waals surface area contributed by atoms with Gasteiger partial charge in [0.25, 0.3) is 0 Å². The Labute approximate surface area is 113 Å². The van der Waals surface area contributed by atoms with Crippen molar-refractivity contribution < 1.29 is 4.74 Å². The molecule has 0 aromatic carbocycles. The van der Waals surface area contributed by atoms with Crippen molar-refractivity contribution in [1.82, 2.24) is 0 Å². The minimum absolute atomic E-state index is 0.0486. The van der Waals surface area contributed by atoms with Crippen molar-refractivity contribution in [2.45, 2.75) is 40.2 Å². The summed E-state index contributed by atoms with van der Waals surface area (Å²) in [6.45, 7) is 9.97. The average Bonchev–Trinajstić information content (AvgIpc) is 2.63. The molecule has 1 aromatic heterocycles. The third-order valence-corrected chi connectivity index (χ3v) is 3.65. The largest absolute Gasteiger partial charge is 0.486 e. The SMILES string of the molecule is CCCN(CC)c1sc(C#N)c(N)c1OC(C)C. The van der Waals surface area contributed by atoms with E-state index in [9.17, 15) is 0 Å². The highest BCUT2D eigenvalue weighted by molar-refractivity contribution is 7.17. The molecule has 0 unspecified atom stereocenters. The number of anilines is 2. The molecule has 1 heterocycles. The molecule has 0 aliphatic rings. The lowest BCUT2D eigenvalue weighted by Crippen LogP contribution is -2.23. The topological polar surface area (TPSA) is 62.3 Å². The number of hydrogen-bond donors (Lipinski definition) is 1. The molecular formula is C13H21N3OS. The molecule has 2 N–H and O–H groups in total. The lowest BCUT2D eigenvalue weighted by Gasteiger charge is -2.22. The van der Waals surface area contributed by atoms with Crippen molar-refractivity contribution in [2.24, 2.45) is 0 Å². The van der Waals surface area contributed by atoms with Crippen LogP contribution in [0.4, 0.5) is 10.7 Å². The molecule has 4 nitrogen and oxygen atoms in total. The maximum absolute atomic E-state index is 9.08. The van der Waals surface area contributed by atoms with Crippen LogP contribution in [0.5, 0.6) is 5.75 Å². The van der Waals surface area contributed by atoms with Gasteiger partial charge in [0.1, 0.15) is 21.6 Å². The molecular weight excluding hydrogens is 246 g/mol. The number of nitrogens with two attached hydrogens (primary N) is 1. The lowest BCUT2D eigenvalue weighted by molar-refractivity contribution is 0.245. The number of rotatable bonds is 6. The van der Waals surface area contributed by atoms with E-state index >= 15 is 0 Å². The van der Waals surface area contributed by atoms with E-state index in [4.69, 9.17) is 15.7 Å². The van der Waals surface area contributed by atoms with E-state index < -0.39 is 0 Å². The summed E-state index contributed by atoms with van der Waals surface area (Å²) < 4.78 is 5.78. The molecule has 100 valence electrons. The first-order valence-corrected chi connectivity index (χ1v) is 7.10. The quantitative estimate of drug-likeness (QED) is 0.859. The Hall–Kier alpha value is -1.41. The van der Waals surface area contributed by atoms with Gasteiger partial charge >= 0.3 is 0 Å². The van der Waals surface area contributed by atoms with Gasteiger partial charge < -0.3 is 15.4 Å². The van der Waals surface area contributed by atoms with Gasteiger partial charge in [-0.15, -0.1) is 11.3 Å². The highest BCUT2D eigenvalue weighted by Gasteiger charge is 2.21. The summed E-state index contributed by atoms with van der Waals surface area (Å²) in [6.07, 6.45) is 1.10. The first-order chi connectivity index (χ1) is 8.54. The third kappa shape index (κ3) is 3.08. The smallest absolute Gasteiger partial charge is 0.178 e. The van der Waals surface area contributed by atoms with Crippen molar-refractivity contribution in [3.05, 3.63) is 4.88 Å². The van der Waals surface area contributed by atoms with Gasteiger partial charge in [0.05, 0.1) is 6.10 Å². The first kappa shape index (κ1) is 14.7. The highest BCUT2D eigenvalue weighted by atomic mass is 32.1. The Bertz CT molecular complexity index is 434. The second-order valence-corrected chi connectivity index (χ2v) is 5.34. The van der Waals surface area contributed by atoms with Crippen LogP contribution in [0.3, 0.4) is 0 Å². The van der Waals surface area contributed by atoms with E-state index in [1.54, 1.807) is 0 Å². The molecule has 1 rings (SSSR count). The molecule has 0 saturated carbocycles. The molecule has 0 atom stereocenters. The summed E-state index contributed by atoms with van der Waals surface area (Å²) in [5.74, 6) is 0.668. The van der Waals surface area contributed by atoms with Crippen LogP contribution in [0.15, 0.2) is 0 Å². The van der Waals surface area contributed by atoms with Crippen molar-refractivity contribution in [3.8, 4) is 11.8 Å². The summed E-state index contributed by atoms with van der Waals surface area (Å²) >= 11 is 1.42. The van der Waals surface area contributed by atoms with E-state index in [2.05, 4.69) is 24.8 Å². The van der Waals surface area contributed by atoms with Gasteiger partial charge in [-0.1, -0.05) is 6.92 Å². The maximum Gasteiger partial charge on any atom is 0.178 e. The van der Waals surface area contributed by atoms with Gasteiger partial charge in [0.2, 0.25) is 0 Å². The zero-order valence-corrected chi connectivity index (χ0v) is 12.3. The van der Waals surface area contributed by atoms with Crippen LogP contribution in [0, 0.1) is 11.3 Å². The van der Waals surface area contributed by atoms with Crippen molar-refractivity contribution in [1.29, 1.82) is 5.26 Å². The average molecular weight is 267 g/mol. The summed E-state index contributed by atoms with van der Waals surface area (Å²) in [6, 6.07) is 2.14. The van der Waals surface area contributed by atoms with Crippen LogP contribution in [-0.4, -0.2) is 19.2 Å². The van der Waals surface area contributed by atoms with Gasteiger partial charge in [0, 0.05) is 13.1 Å². The molecule has 0 radical (unpaired) electrons. The van der Waals surface area contributed by atoms with Crippen LogP contribution < -0.4 is 15.4 Å². The van der Waals surface area contributed by atoms with Crippen LogP contribution >= 0.6 is 11.3 Å². The monoisotopic (exact) mass is 267 g/mol. The third-order valence-electron chi connectivity index (χ3n) is 2.50. The van der Waals surface area contributed by atoms with Crippen LogP contribution in [0.1, 0.15) is 39.0 Å². The van der Waals surface area contributed by atoms with E-state index in [0.717, 1.165) is 24.5 Å². The fourth-order valence-corrected chi connectivity index (χ4v) is 2.77. The summed E-state index contributed by atoms with van der Waals surface area (Å²) in [7, 11) is 0. The second kappa shape index (κ2) is 6.50. The summed E-state index contributed by atoms with van der Waals surface area (Å²) in [4.78, 5) is 2.75. The van der Waals surface area contributed by atoms with Crippen LogP contribution in [-0.2, 0) is 0 Å². The minimum atomic E-state index is 0.0486. The number of ether oxygens (including phenoxy) is 1. The number of hydrogen-bond acceptors (Lipinski definition) is 5. The standard InChI is InChI=1S/C13H21N3OS/c1-5-7-16(6-2)13-12(17-9(3)4)11(15)10(8-14)18-13/h9H,5-7,15H2,1-4H3. The van der Waals surface area contributed by atoms with Gasteiger partial charge in [-0.25, -0.2) is 0 Å². The van der Waals surface area contributed by atoms with Gasteiger partial charge in [-0.2, -0.15) is 5.26 Å².